The van der Waals surface area contributed by atoms with Gasteiger partial charge in [0.25, 0.3) is 0 Å². The highest BCUT2D eigenvalue weighted by Crippen LogP contribution is 2.31. The maximum atomic E-state index is 13.4. The minimum Gasteiger partial charge on any atom is -0.493 e. The summed E-state index contributed by atoms with van der Waals surface area (Å²) in [6.45, 7) is 10.3. The van der Waals surface area contributed by atoms with E-state index in [4.69, 9.17) is 14.2 Å². The minimum absolute atomic E-state index is 0.130. The van der Waals surface area contributed by atoms with Crippen LogP contribution in [-0.2, 0) is 6.42 Å². The first-order chi connectivity index (χ1) is 16.1. The van der Waals surface area contributed by atoms with E-state index in [9.17, 15) is 4.79 Å². The first kappa shape index (κ1) is 26.5. The highest BCUT2D eigenvalue weighted by Gasteiger charge is 2.17. The monoisotopic (exact) mass is 452 g/mol. The second-order valence-corrected chi connectivity index (χ2v) is 8.16. The standard InChI is InChI=1S/C29H40O4/c1-5-9-19-31-26-18-15-23(8-4)22-24(26)16-17-25(30)29-27(32-20-10-6-2)13-12-14-28(29)33-21-11-7-3/h12-18,22H,5-11,19-21H2,1-4H3/b17-16+. The Kier molecular flexibility index (Phi) is 12.2. The quantitative estimate of drug-likeness (QED) is 0.149. The van der Waals surface area contributed by atoms with Crippen molar-refractivity contribution in [1.82, 2.24) is 0 Å². The number of allylic oxidation sites excluding steroid dienone is 1. The van der Waals surface area contributed by atoms with Gasteiger partial charge in [-0.2, -0.15) is 0 Å². The van der Waals surface area contributed by atoms with Crippen molar-refractivity contribution in [3.63, 3.8) is 0 Å². The number of carbonyl (C=O) groups is 1. The second kappa shape index (κ2) is 15.2. The minimum atomic E-state index is -0.130. The number of hydrogen-bond acceptors (Lipinski definition) is 4. The molecule has 0 saturated heterocycles. The molecule has 0 saturated carbocycles. The van der Waals surface area contributed by atoms with Crippen LogP contribution in [-0.4, -0.2) is 25.6 Å². The van der Waals surface area contributed by atoms with E-state index in [0.717, 1.165) is 56.3 Å². The van der Waals surface area contributed by atoms with Crippen LogP contribution < -0.4 is 14.2 Å². The number of ether oxygens (including phenoxy) is 3. The van der Waals surface area contributed by atoms with Crippen LogP contribution in [0, 0.1) is 0 Å². The molecule has 0 amide bonds. The Morgan fingerprint density at radius 1 is 0.758 bits per heavy atom. The van der Waals surface area contributed by atoms with E-state index >= 15 is 0 Å². The van der Waals surface area contributed by atoms with E-state index in [0.29, 0.717) is 36.9 Å². The van der Waals surface area contributed by atoms with E-state index in [1.807, 2.05) is 30.3 Å². The molecule has 0 aromatic heterocycles. The van der Waals surface area contributed by atoms with Crippen molar-refractivity contribution in [3.05, 3.63) is 59.2 Å². The van der Waals surface area contributed by atoms with E-state index in [1.54, 1.807) is 6.08 Å². The summed E-state index contributed by atoms with van der Waals surface area (Å²) in [5, 5.41) is 0. The Morgan fingerprint density at radius 2 is 1.30 bits per heavy atom. The molecule has 0 aliphatic carbocycles. The fourth-order valence-corrected chi connectivity index (χ4v) is 3.30. The van der Waals surface area contributed by atoms with E-state index in [1.165, 1.54) is 5.56 Å². The molecule has 2 aromatic carbocycles. The topological polar surface area (TPSA) is 44.8 Å². The van der Waals surface area contributed by atoms with Gasteiger partial charge >= 0.3 is 0 Å². The summed E-state index contributed by atoms with van der Waals surface area (Å²) in [5.41, 5.74) is 2.61. The van der Waals surface area contributed by atoms with E-state index in [2.05, 4.69) is 39.8 Å². The largest absolute Gasteiger partial charge is 0.493 e. The van der Waals surface area contributed by atoms with Crippen LogP contribution in [0.4, 0.5) is 0 Å². The van der Waals surface area contributed by atoms with Crippen molar-refractivity contribution in [3.8, 4) is 17.2 Å². The number of rotatable bonds is 16. The maximum absolute atomic E-state index is 13.4. The predicted octanol–water partition coefficient (Wildman–Crippen LogP) is 7.68. The molecule has 33 heavy (non-hydrogen) atoms. The molecule has 0 aliphatic rings. The van der Waals surface area contributed by atoms with Gasteiger partial charge in [-0.1, -0.05) is 59.1 Å². The van der Waals surface area contributed by atoms with Gasteiger partial charge in [0, 0.05) is 5.56 Å². The molecule has 0 spiro atoms. The third-order valence-electron chi connectivity index (χ3n) is 5.40. The zero-order chi connectivity index (χ0) is 23.9. The number of ketones is 1. The Bertz CT molecular complexity index is 857. The molecular weight excluding hydrogens is 412 g/mol. The summed E-state index contributed by atoms with van der Waals surface area (Å²) >= 11 is 0. The maximum Gasteiger partial charge on any atom is 0.193 e. The number of unbranched alkanes of at least 4 members (excludes halogenated alkanes) is 3. The fourth-order valence-electron chi connectivity index (χ4n) is 3.30. The molecule has 0 fully saturated rings. The molecule has 180 valence electrons. The highest BCUT2D eigenvalue weighted by molar-refractivity contribution is 6.10. The molecule has 2 aromatic rings. The Morgan fingerprint density at radius 3 is 1.82 bits per heavy atom. The van der Waals surface area contributed by atoms with Crippen molar-refractivity contribution in [2.24, 2.45) is 0 Å². The molecule has 0 aliphatic heterocycles. The average Bonchev–Trinajstić information content (AvgIpc) is 2.83. The van der Waals surface area contributed by atoms with Crippen molar-refractivity contribution in [2.45, 2.75) is 72.6 Å². The fraction of sp³-hybridized carbons (Fsp3) is 0.483. The lowest BCUT2D eigenvalue weighted by molar-refractivity contribution is 0.103. The van der Waals surface area contributed by atoms with Crippen LogP contribution >= 0.6 is 0 Å². The first-order valence-corrected chi connectivity index (χ1v) is 12.5. The lowest BCUT2D eigenvalue weighted by atomic mass is 10.0. The molecule has 4 heteroatoms. The van der Waals surface area contributed by atoms with Gasteiger partial charge in [0.1, 0.15) is 22.8 Å². The third kappa shape index (κ3) is 8.60. The normalized spacial score (nSPS) is 11.0. The van der Waals surface area contributed by atoms with E-state index < -0.39 is 0 Å². The van der Waals surface area contributed by atoms with Crippen molar-refractivity contribution >= 4 is 11.9 Å². The summed E-state index contributed by atoms with van der Waals surface area (Å²) in [4.78, 5) is 13.4. The van der Waals surface area contributed by atoms with Crippen LogP contribution in [0.3, 0.4) is 0 Å². The lowest BCUT2D eigenvalue weighted by Crippen LogP contribution is -2.08. The van der Waals surface area contributed by atoms with Gasteiger partial charge in [0.15, 0.2) is 5.78 Å². The molecule has 0 radical (unpaired) electrons. The summed E-state index contributed by atoms with van der Waals surface area (Å²) in [6, 6.07) is 11.7. The van der Waals surface area contributed by atoms with Gasteiger partial charge in [0.05, 0.1) is 19.8 Å². The number of carbonyl (C=O) groups excluding carboxylic acids is 1. The summed E-state index contributed by atoms with van der Waals surface area (Å²) in [7, 11) is 0. The first-order valence-electron chi connectivity index (χ1n) is 12.5. The molecule has 2 rings (SSSR count). The smallest absolute Gasteiger partial charge is 0.193 e. The average molecular weight is 453 g/mol. The van der Waals surface area contributed by atoms with Crippen molar-refractivity contribution in [1.29, 1.82) is 0 Å². The molecular formula is C29H40O4. The van der Waals surface area contributed by atoms with Crippen LogP contribution in [0.25, 0.3) is 6.08 Å². The number of aryl methyl sites for hydroxylation is 1. The molecule has 0 heterocycles. The molecule has 4 nitrogen and oxygen atoms in total. The predicted molar refractivity (Wildman–Crippen MR) is 137 cm³/mol. The molecule has 0 atom stereocenters. The zero-order valence-electron chi connectivity index (χ0n) is 20.8. The van der Waals surface area contributed by atoms with Gasteiger partial charge in [0.2, 0.25) is 0 Å². The third-order valence-corrected chi connectivity index (χ3v) is 5.40. The SMILES string of the molecule is CCCCOc1ccc(CC)cc1/C=C/C(=O)c1c(OCCCC)cccc1OCCCC. The summed E-state index contributed by atoms with van der Waals surface area (Å²) in [6.07, 6.45) is 10.4. The Hall–Kier alpha value is -2.75. The molecule has 0 N–H and O–H groups in total. The second-order valence-electron chi connectivity index (χ2n) is 8.16. The van der Waals surface area contributed by atoms with Gasteiger partial charge < -0.3 is 14.2 Å². The Labute approximate surface area is 200 Å². The van der Waals surface area contributed by atoms with Gasteiger partial charge in [-0.05, 0) is 67.7 Å². The highest BCUT2D eigenvalue weighted by atomic mass is 16.5. The lowest BCUT2D eigenvalue weighted by Gasteiger charge is -2.15. The summed E-state index contributed by atoms with van der Waals surface area (Å²) in [5.74, 6) is 1.83. The summed E-state index contributed by atoms with van der Waals surface area (Å²) < 4.78 is 17.9. The van der Waals surface area contributed by atoms with E-state index in [-0.39, 0.29) is 5.78 Å². The number of benzene rings is 2. The van der Waals surface area contributed by atoms with Crippen molar-refractivity contribution < 1.29 is 19.0 Å². The van der Waals surface area contributed by atoms with Crippen LogP contribution in [0.2, 0.25) is 0 Å². The molecule has 0 bridgehead atoms. The van der Waals surface area contributed by atoms with Crippen molar-refractivity contribution in [2.75, 3.05) is 19.8 Å². The van der Waals surface area contributed by atoms with Crippen LogP contribution in [0.15, 0.2) is 42.5 Å². The van der Waals surface area contributed by atoms with Crippen LogP contribution in [0.5, 0.6) is 17.2 Å². The van der Waals surface area contributed by atoms with Gasteiger partial charge in [-0.3, -0.25) is 4.79 Å². The molecule has 0 unspecified atom stereocenters. The van der Waals surface area contributed by atoms with Gasteiger partial charge in [-0.25, -0.2) is 0 Å². The Balaban J connectivity index is 2.33. The number of hydrogen-bond donors (Lipinski definition) is 0. The van der Waals surface area contributed by atoms with Gasteiger partial charge in [-0.15, -0.1) is 0 Å². The zero-order valence-corrected chi connectivity index (χ0v) is 20.8. The van der Waals surface area contributed by atoms with Crippen LogP contribution in [0.1, 0.15) is 87.7 Å².